The number of rotatable bonds is 6. The minimum Gasteiger partial charge on any atom is -0.379 e. The largest absolute Gasteiger partial charge is 0.379 e. The van der Waals surface area contributed by atoms with Crippen molar-refractivity contribution >= 4 is 11.6 Å². The molecule has 16 heavy (non-hydrogen) atoms. The third kappa shape index (κ3) is 4.15. The van der Waals surface area contributed by atoms with Gasteiger partial charge in [0, 0.05) is 12.5 Å². The molecule has 0 saturated carbocycles. The van der Waals surface area contributed by atoms with Gasteiger partial charge in [-0.1, -0.05) is 24.3 Å². The highest BCUT2D eigenvalue weighted by molar-refractivity contribution is 6.18. The molecule has 0 aliphatic rings. The molecule has 0 aliphatic carbocycles. The van der Waals surface area contributed by atoms with Gasteiger partial charge in [0.1, 0.15) is 0 Å². The van der Waals surface area contributed by atoms with Gasteiger partial charge in [0.15, 0.2) is 0 Å². The Morgan fingerprint density at radius 1 is 1.25 bits per heavy atom. The second-order valence-corrected chi connectivity index (χ2v) is 4.72. The van der Waals surface area contributed by atoms with Crippen LogP contribution in [0.4, 0.5) is 0 Å². The minimum atomic E-state index is 0.299. The summed E-state index contributed by atoms with van der Waals surface area (Å²) in [6.07, 6.45) is 1.29. The van der Waals surface area contributed by atoms with Crippen LogP contribution in [0.2, 0.25) is 0 Å². The van der Waals surface area contributed by atoms with Crippen LogP contribution in [0.1, 0.15) is 37.3 Å². The Labute approximate surface area is 104 Å². The fraction of sp³-hybridized carbons (Fsp3) is 0.571. The molecule has 0 radical (unpaired) electrons. The maximum Gasteiger partial charge on any atom is 0.0518 e. The Morgan fingerprint density at radius 2 is 1.94 bits per heavy atom. The maximum atomic E-state index is 6.03. The first-order valence-corrected chi connectivity index (χ1v) is 6.41. The summed E-state index contributed by atoms with van der Waals surface area (Å²) in [7, 11) is 0. The number of halogens is 1. The number of hydrogen-bond acceptors (Lipinski definition) is 1. The van der Waals surface area contributed by atoms with Gasteiger partial charge in [-0.05, 0) is 44.2 Å². The summed E-state index contributed by atoms with van der Waals surface area (Å²) in [5.74, 6) is 1.06. The van der Waals surface area contributed by atoms with Crippen LogP contribution in [0.25, 0.3) is 0 Å². The van der Waals surface area contributed by atoms with Crippen LogP contribution in [-0.2, 0) is 4.74 Å². The fourth-order valence-electron chi connectivity index (χ4n) is 1.81. The highest BCUT2D eigenvalue weighted by atomic mass is 35.5. The zero-order chi connectivity index (χ0) is 12.0. The first-order valence-electron chi connectivity index (χ1n) is 5.88. The lowest BCUT2D eigenvalue weighted by molar-refractivity contribution is 0.0743. The summed E-state index contributed by atoms with van der Waals surface area (Å²) in [4.78, 5) is 0. The van der Waals surface area contributed by atoms with Gasteiger partial charge in [-0.2, -0.15) is 0 Å². The summed E-state index contributed by atoms with van der Waals surface area (Å²) in [5.41, 5.74) is 2.67. The SMILES string of the molecule is Cc1ccccc1C(CCl)CCOC(C)C. The molecule has 2 heteroatoms. The van der Waals surface area contributed by atoms with Crippen molar-refractivity contribution in [3.63, 3.8) is 0 Å². The normalized spacial score (nSPS) is 13.1. The molecule has 90 valence electrons. The highest BCUT2D eigenvalue weighted by Crippen LogP contribution is 2.24. The average Bonchev–Trinajstić information content (AvgIpc) is 2.25. The summed E-state index contributed by atoms with van der Waals surface area (Å²) in [6.45, 7) is 7.04. The quantitative estimate of drug-likeness (QED) is 0.680. The number of ether oxygens (including phenoxy) is 1. The predicted molar refractivity (Wildman–Crippen MR) is 70.3 cm³/mol. The van der Waals surface area contributed by atoms with Crippen molar-refractivity contribution in [3.05, 3.63) is 35.4 Å². The van der Waals surface area contributed by atoms with Crippen molar-refractivity contribution in [2.24, 2.45) is 0 Å². The molecule has 1 rings (SSSR count). The molecule has 1 unspecified atom stereocenters. The molecule has 0 N–H and O–H groups in total. The van der Waals surface area contributed by atoms with Crippen molar-refractivity contribution in [2.75, 3.05) is 12.5 Å². The van der Waals surface area contributed by atoms with Gasteiger partial charge in [-0.15, -0.1) is 11.6 Å². The third-order valence-corrected chi connectivity index (χ3v) is 3.10. The Kier molecular flexibility index (Phi) is 5.86. The summed E-state index contributed by atoms with van der Waals surface area (Å²) < 4.78 is 5.58. The second kappa shape index (κ2) is 6.93. The van der Waals surface area contributed by atoms with Crippen molar-refractivity contribution in [1.82, 2.24) is 0 Å². The Balaban J connectivity index is 2.57. The maximum absolute atomic E-state index is 6.03. The average molecular weight is 241 g/mol. The van der Waals surface area contributed by atoms with E-state index in [1.807, 2.05) is 0 Å². The second-order valence-electron chi connectivity index (χ2n) is 4.42. The molecule has 0 spiro atoms. The van der Waals surface area contributed by atoms with Crippen LogP contribution >= 0.6 is 11.6 Å². The number of alkyl halides is 1. The molecule has 0 heterocycles. The Bertz CT molecular complexity index is 309. The standard InChI is InChI=1S/C14H21ClO/c1-11(2)16-9-8-13(10-15)14-7-5-4-6-12(14)3/h4-7,11,13H,8-10H2,1-3H3. The molecule has 1 aromatic carbocycles. The molecule has 0 bridgehead atoms. The summed E-state index contributed by atoms with van der Waals surface area (Å²) >= 11 is 6.03. The van der Waals surface area contributed by atoms with Crippen LogP contribution in [0, 0.1) is 6.92 Å². The number of hydrogen-bond donors (Lipinski definition) is 0. The smallest absolute Gasteiger partial charge is 0.0518 e. The van der Waals surface area contributed by atoms with Crippen molar-refractivity contribution < 1.29 is 4.74 Å². The van der Waals surface area contributed by atoms with E-state index in [0.717, 1.165) is 13.0 Å². The van der Waals surface area contributed by atoms with E-state index in [0.29, 0.717) is 17.9 Å². The van der Waals surface area contributed by atoms with Gasteiger partial charge in [-0.25, -0.2) is 0 Å². The van der Waals surface area contributed by atoms with Crippen LogP contribution in [0.5, 0.6) is 0 Å². The molecule has 0 fully saturated rings. The molecule has 0 aliphatic heterocycles. The Hall–Kier alpha value is -0.530. The van der Waals surface area contributed by atoms with Crippen LogP contribution < -0.4 is 0 Å². The van der Waals surface area contributed by atoms with Crippen molar-refractivity contribution in [2.45, 2.75) is 39.2 Å². The molecular weight excluding hydrogens is 220 g/mol. The van der Waals surface area contributed by atoms with E-state index in [4.69, 9.17) is 16.3 Å². The zero-order valence-electron chi connectivity index (χ0n) is 10.4. The van der Waals surface area contributed by atoms with Gasteiger partial charge in [0.25, 0.3) is 0 Å². The van der Waals surface area contributed by atoms with Gasteiger partial charge in [0.2, 0.25) is 0 Å². The van der Waals surface area contributed by atoms with Gasteiger partial charge in [-0.3, -0.25) is 0 Å². The first-order chi connectivity index (χ1) is 7.65. The molecule has 0 amide bonds. The van der Waals surface area contributed by atoms with E-state index in [1.165, 1.54) is 11.1 Å². The van der Waals surface area contributed by atoms with Crippen LogP contribution in [-0.4, -0.2) is 18.6 Å². The van der Waals surface area contributed by atoms with E-state index < -0.39 is 0 Å². The van der Waals surface area contributed by atoms with E-state index >= 15 is 0 Å². The molecule has 1 nitrogen and oxygen atoms in total. The monoisotopic (exact) mass is 240 g/mol. The molecule has 1 atom stereocenters. The summed E-state index contributed by atoms with van der Waals surface area (Å²) in [5, 5.41) is 0. The van der Waals surface area contributed by atoms with Crippen molar-refractivity contribution in [1.29, 1.82) is 0 Å². The molecule has 0 saturated heterocycles. The molecule has 0 aromatic heterocycles. The topological polar surface area (TPSA) is 9.23 Å². The predicted octanol–water partition coefficient (Wildman–Crippen LogP) is 4.13. The number of benzene rings is 1. The third-order valence-electron chi connectivity index (χ3n) is 2.73. The van der Waals surface area contributed by atoms with Gasteiger partial charge < -0.3 is 4.74 Å². The number of aryl methyl sites for hydroxylation is 1. The molecular formula is C14H21ClO. The fourth-order valence-corrected chi connectivity index (χ4v) is 2.13. The summed E-state index contributed by atoms with van der Waals surface area (Å²) in [6, 6.07) is 8.44. The minimum absolute atomic E-state index is 0.299. The van der Waals surface area contributed by atoms with E-state index in [9.17, 15) is 0 Å². The molecule has 1 aromatic rings. The van der Waals surface area contributed by atoms with Crippen LogP contribution in [0.15, 0.2) is 24.3 Å². The lowest BCUT2D eigenvalue weighted by atomic mass is 9.94. The lowest BCUT2D eigenvalue weighted by Crippen LogP contribution is -2.10. The van der Waals surface area contributed by atoms with E-state index in [2.05, 4.69) is 45.0 Å². The van der Waals surface area contributed by atoms with Gasteiger partial charge in [0.05, 0.1) is 6.10 Å². The Morgan fingerprint density at radius 3 is 2.50 bits per heavy atom. The van der Waals surface area contributed by atoms with E-state index in [1.54, 1.807) is 0 Å². The van der Waals surface area contributed by atoms with E-state index in [-0.39, 0.29) is 0 Å². The zero-order valence-corrected chi connectivity index (χ0v) is 11.1. The van der Waals surface area contributed by atoms with Crippen LogP contribution in [0.3, 0.4) is 0 Å². The lowest BCUT2D eigenvalue weighted by Gasteiger charge is -2.17. The highest BCUT2D eigenvalue weighted by Gasteiger charge is 2.12. The van der Waals surface area contributed by atoms with Crippen molar-refractivity contribution in [3.8, 4) is 0 Å². The first kappa shape index (κ1) is 13.5. The van der Waals surface area contributed by atoms with Gasteiger partial charge >= 0.3 is 0 Å².